The quantitative estimate of drug-likeness (QED) is 0.784. The normalized spacial score (nSPS) is 13.9. The highest BCUT2D eigenvalue weighted by Crippen LogP contribution is 2.32. The molecule has 0 aliphatic carbocycles. The zero-order valence-electron chi connectivity index (χ0n) is 15.4. The Labute approximate surface area is 164 Å². The molecular formula is C20H23ClN2O4. The van der Waals surface area contributed by atoms with Gasteiger partial charge >= 0.3 is 0 Å². The molecule has 0 fully saturated rings. The van der Waals surface area contributed by atoms with Gasteiger partial charge in [-0.15, -0.1) is 0 Å². The lowest BCUT2D eigenvalue weighted by atomic mass is 10.2. The monoisotopic (exact) mass is 390 g/mol. The molecule has 1 amide bonds. The third-order valence-electron chi connectivity index (χ3n) is 4.38. The predicted octanol–water partition coefficient (Wildman–Crippen LogP) is 3.45. The van der Waals surface area contributed by atoms with Crippen molar-refractivity contribution in [2.75, 3.05) is 38.7 Å². The fourth-order valence-corrected chi connectivity index (χ4v) is 2.73. The molecule has 1 aliphatic heterocycles. The molecule has 2 aromatic carbocycles. The second-order valence-corrected chi connectivity index (χ2v) is 6.74. The summed E-state index contributed by atoms with van der Waals surface area (Å²) in [6.45, 7) is 3.99. The molecule has 3 rings (SSSR count). The van der Waals surface area contributed by atoms with Crippen LogP contribution in [-0.4, -0.2) is 50.3 Å². The van der Waals surface area contributed by atoms with Gasteiger partial charge < -0.3 is 19.5 Å². The molecule has 0 saturated carbocycles. The molecular weight excluding hydrogens is 368 g/mol. The third-order valence-corrected chi connectivity index (χ3v) is 4.63. The summed E-state index contributed by atoms with van der Waals surface area (Å²) in [5.41, 5.74) is 0.682. The molecule has 7 heteroatoms. The summed E-state index contributed by atoms with van der Waals surface area (Å²) in [4.78, 5) is 14.4. The Hall–Kier alpha value is -2.44. The van der Waals surface area contributed by atoms with E-state index < -0.39 is 0 Å². The second-order valence-electron chi connectivity index (χ2n) is 6.31. The molecule has 1 aliphatic rings. The van der Waals surface area contributed by atoms with E-state index in [0.717, 1.165) is 5.75 Å². The first kappa shape index (κ1) is 19.3. The van der Waals surface area contributed by atoms with E-state index in [-0.39, 0.29) is 11.9 Å². The van der Waals surface area contributed by atoms with Crippen LogP contribution in [-0.2, 0) is 4.79 Å². The van der Waals surface area contributed by atoms with Crippen LogP contribution >= 0.6 is 11.6 Å². The van der Waals surface area contributed by atoms with E-state index in [0.29, 0.717) is 48.6 Å². The molecule has 27 heavy (non-hydrogen) atoms. The number of anilines is 1. The molecule has 0 spiro atoms. The number of hydrogen-bond donors (Lipinski definition) is 1. The minimum Gasteiger partial charge on any atom is -0.492 e. The lowest BCUT2D eigenvalue weighted by Crippen LogP contribution is -2.41. The van der Waals surface area contributed by atoms with Gasteiger partial charge in [0.2, 0.25) is 5.91 Å². The van der Waals surface area contributed by atoms with E-state index in [1.54, 1.807) is 24.3 Å². The van der Waals surface area contributed by atoms with Crippen molar-refractivity contribution >= 4 is 23.2 Å². The molecule has 1 heterocycles. The van der Waals surface area contributed by atoms with Crippen molar-refractivity contribution < 1.29 is 19.0 Å². The van der Waals surface area contributed by atoms with Gasteiger partial charge in [0.25, 0.3) is 0 Å². The van der Waals surface area contributed by atoms with Gasteiger partial charge in [-0.05, 0) is 50.4 Å². The fourth-order valence-electron chi connectivity index (χ4n) is 2.60. The van der Waals surface area contributed by atoms with Crippen molar-refractivity contribution in [2.45, 2.75) is 13.0 Å². The first-order chi connectivity index (χ1) is 13.0. The Balaban J connectivity index is 1.48. The SMILES string of the molecule is C[C@@H](C(=O)Nc1ccc2c(c1)OCCO2)N(C)CCOc1ccc(Cl)cc1. The lowest BCUT2D eigenvalue weighted by Gasteiger charge is -2.24. The van der Waals surface area contributed by atoms with Crippen LogP contribution in [0.3, 0.4) is 0 Å². The van der Waals surface area contributed by atoms with Crippen LogP contribution in [0.1, 0.15) is 6.92 Å². The Kier molecular flexibility index (Phi) is 6.42. The van der Waals surface area contributed by atoms with Crippen molar-refractivity contribution in [1.82, 2.24) is 4.90 Å². The first-order valence-corrected chi connectivity index (χ1v) is 9.20. The molecule has 1 N–H and O–H groups in total. The van der Waals surface area contributed by atoms with Crippen molar-refractivity contribution in [2.24, 2.45) is 0 Å². The highest BCUT2D eigenvalue weighted by molar-refractivity contribution is 6.30. The van der Waals surface area contributed by atoms with E-state index in [9.17, 15) is 4.79 Å². The predicted molar refractivity (Wildman–Crippen MR) is 105 cm³/mol. The van der Waals surface area contributed by atoms with Crippen LogP contribution in [0, 0.1) is 0 Å². The van der Waals surface area contributed by atoms with E-state index in [1.807, 2.05) is 37.1 Å². The molecule has 2 aromatic rings. The Bertz CT molecular complexity index is 782. The first-order valence-electron chi connectivity index (χ1n) is 8.82. The molecule has 0 bridgehead atoms. The van der Waals surface area contributed by atoms with E-state index in [2.05, 4.69) is 5.32 Å². The topological polar surface area (TPSA) is 60.0 Å². The summed E-state index contributed by atoms with van der Waals surface area (Å²) in [6.07, 6.45) is 0. The Morgan fingerprint density at radius 1 is 1.19 bits per heavy atom. The number of fused-ring (bicyclic) bond motifs is 1. The highest BCUT2D eigenvalue weighted by Gasteiger charge is 2.19. The van der Waals surface area contributed by atoms with E-state index in [4.69, 9.17) is 25.8 Å². The Morgan fingerprint density at radius 3 is 2.63 bits per heavy atom. The van der Waals surface area contributed by atoms with Gasteiger partial charge in [0.05, 0.1) is 6.04 Å². The number of rotatable bonds is 7. The van der Waals surface area contributed by atoms with Crippen LogP contribution in [0.2, 0.25) is 5.02 Å². The maximum absolute atomic E-state index is 12.5. The van der Waals surface area contributed by atoms with Crippen molar-refractivity contribution in [3.8, 4) is 17.2 Å². The van der Waals surface area contributed by atoms with Crippen LogP contribution in [0.4, 0.5) is 5.69 Å². The minimum atomic E-state index is -0.313. The summed E-state index contributed by atoms with van der Waals surface area (Å²) in [5, 5.41) is 3.59. The van der Waals surface area contributed by atoms with Gasteiger partial charge in [0.15, 0.2) is 11.5 Å². The zero-order valence-corrected chi connectivity index (χ0v) is 16.2. The fraction of sp³-hybridized carbons (Fsp3) is 0.350. The van der Waals surface area contributed by atoms with Crippen molar-refractivity contribution in [3.63, 3.8) is 0 Å². The van der Waals surface area contributed by atoms with Gasteiger partial charge in [-0.3, -0.25) is 9.69 Å². The number of nitrogens with one attached hydrogen (secondary N) is 1. The van der Waals surface area contributed by atoms with E-state index >= 15 is 0 Å². The largest absolute Gasteiger partial charge is 0.492 e. The summed E-state index contributed by atoms with van der Waals surface area (Å²) < 4.78 is 16.7. The highest BCUT2D eigenvalue weighted by atomic mass is 35.5. The smallest absolute Gasteiger partial charge is 0.241 e. The summed E-state index contributed by atoms with van der Waals surface area (Å²) in [6, 6.07) is 12.3. The number of nitrogens with zero attached hydrogens (tertiary/aromatic N) is 1. The van der Waals surface area contributed by atoms with Crippen LogP contribution in [0.5, 0.6) is 17.2 Å². The van der Waals surface area contributed by atoms with Gasteiger partial charge in [-0.1, -0.05) is 11.6 Å². The lowest BCUT2D eigenvalue weighted by molar-refractivity contribution is -0.120. The van der Waals surface area contributed by atoms with Crippen LogP contribution in [0.15, 0.2) is 42.5 Å². The van der Waals surface area contributed by atoms with E-state index in [1.165, 1.54) is 0 Å². The standard InChI is InChI=1S/C20H23ClN2O4/c1-14(23(2)9-10-25-17-6-3-15(21)4-7-17)20(24)22-16-5-8-18-19(13-16)27-12-11-26-18/h3-8,13-14H,9-12H2,1-2H3,(H,22,24)/t14-/m0/s1. The van der Waals surface area contributed by atoms with Gasteiger partial charge in [0.1, 0.15) is 25.6 Å². The number of hydrogen-bond acceptors (Lipinski definition) is 5. The number of carbonyl (C=O) groups is 1. The maximum atomic E-state index is 12.5. The number of amides is 1. The molecule has 144 valence electrons. The number of ether oxygens (including phenoxy) is 3. The number of likely N-dealkylation sites (N-methyl/N-ethyl adjacent to an activating group) is 1. The summed E-state index contributed by atoms with van der Waals surface area (Å²) in [5.74, 6) is 2.00. The molecule has 6 nitrogen and oxygen atoms in total. The van der Waals surface area contributed by atoms with Crippen molar-refractivity contribution in [3.05, 3.63) is 47.5 Å². The van der Waals surface area contributed by atoms with Crippen LogP contribution < -0.4 is 19.5 Å². The molecule has 1 atom stereocenters. The van der Waals surface area contributed by atoms with Crippen LogP contribution in [0.25, 0.3) is 0 Å². The molecule has 0 aromatic heterocycles. The molecule has 0 unspecified atom stereocenters. The maximum Gasteiger partial charge on any atom is 0.241 e. The summed E-state index contributed by atoms with van der Waals surface area (Å²) >= 11 is 5.86. The number of carbonyl (C=O) groups excluding carboxylic acids is 1. The average Bonchev–Trinajstić information content (AvgIpc) is 2.68. The number of halogens is 1. The van der Waals surface area contributed by atoms with Gasteiger partial charge in [-0.2, -0.15) is 0 Å². The molecule has 0 saturated heterocycles. The van der Waals surface area contributed by atoms with Crippen molar-refractivity contribution in [1.29, 1.82) is 0 Å². The summed E-state index contributed by atoms with van der Waals surface area (Å²) in [7, 11) is 1.89. The second kappa shape index (κ2) is 8.97. The average molecular weight is 391 g/mol. The minimum absolute atomic E-state index is 0.0966. The zero-order chi connectivity index (χ0) is 19.2. The number of benzene rings is 2. The Morgan fingerprint density at radius 2 is 1.89 bits per heavy atom. The molecule has 0 radical (unpaired) electrons. The van der Waals surface area contributed by atoms with Gasteiger partial charge in [0, 0.05) is 23.3 Å². The third kappa shape index (κ3) is 5.28. The van der Waals surface area contributed by atoms with Gasteiger partial charge in [-0.25, -0.2) is 0 Å².